The van der Waals surface area contributed by atoms with Crippen LogP contribution < -0.4 is 5.32 Å². The number of fused-ring (bicyclic) bond motifs is 2. The summed E-state index contributed by atoms with van der Waals surface area (Å²) in [4.78, 5) is 12.5. The van der Waals surface area contributed by atoms with Crippen molar-refractivity contribution in [2.24, 2.45) is 0 Å². The van der Waals surface area contributed by atoms with E-state index in [1.54, 1.807) is 12.4 Å². The molecule has 3 aromatic heterocycles. The van der Waals surface area contributed by atoms with Gasteiger partial charge in [-0.3, -0.25) is 10.1 Å². The number of aromatic nitrogens is 5. The van der Waals surface area contributed by atoms with Gasteiger partial charge in [0.05, 0.1) is 11.6 Å². The highest BCUT2D eigenvalue weighted by Gasteiger charge is 2.10. The minimum Gasteiger partial charge on any atom is -0.339 e. The van der Waals surface area contributed by atoms with E-state index in [1.165, 1.54) is 0 Å². The van der Waals surface area contributed by atoms with E-state index in [4.69, 9.17) is 11.6 Å². The molecule has 0 aliphatic heterocycles. The van der Waals surface area contributed by atoms with Crippen LogP contribution in [0.5, 0.6) is 0 Å². The quantitative estimate of drug-likeness (QED) is 0.555. The topological polar surface area (TPSA) is 79.4 Å². The molecule has 0 aliphatic carbocycles. The normalized spacial score (nSPS) is 11.1. The molecule has 3 heterocycles. The molecular formula is C14H9ClN6. The summed E-state index contributed by atoms with van der Waals surface area (Å²) in [6.45, 7) is 0. The standard InChI is InChI=1S/C14H9ClN6/c15-14-19-12(10-7-17-21-13(10)20-14)18-11-3-1-2-8-4-5-16-6-9(8)11/h1-7H,(H2,17,18,19,20,21). The van der Waals surface area contributed by atoms with Crippen molar-refractivity contribution < 1.29 is 0 Å². The first kappa shape index (κ1) is 12.0. The zero-order chi connectivity index (χ0) is 14.2. The van der Waals surface area contributed by atoms with Crippen LogP contribution in [-0.4, -0.2) is 25.1 Å². The van der Waals surface area contributed by atoms with E-state index in [1.807, 2.05) is 30.5 Å². The summed E-state index contributed by atoms with van der Waals surface area (Å²) < 4.78 is 0. The molecule has 21 heavy (non-hydrogen) atoms. The molecule has 0 saturated heterocycles. The van der Waals surface area contributed by atoms with Crippen LogP contribution >= 0.6 is 11.6 Å². The maximum atomic E-state index is 5.94. The number of nitrogens with zero attached hydrogens (tertiary/aromatic N) is 4. The number of hydrogen-bond acceptors (Lipinski definition) is 5. The molecule has 0 fully saturated rings. The largest absolute Gasteiger partial charge is 0.339 e. The molecule has 2 N–H and O–H groups in total. The van der Waals surface area contributed by atoms with E-state index < -0.39 is 0 Å². The lowest BCUT2D eigenvalue weighted by Crippen LogP contribution is -1.97. The fraction of sp³-hybridized carbons (Fsp3) is 0. The van der Waals surface area contributed by atoms with E-state index in [0.717, 1.165) is 21.8 Å². The van der Waals surface area contributed by atoms with Crippen molar-refractivity contribution in [1.82, 2.24) is 25.1 Å². The second kappa shape index (κ2) is 4.68. The summed E-state index contributed by atoms with van der Waals surface area (Å²) >= 11 is 5.94. The minimum absolute atomic E-state index is 0.160. The van der Waals surface area contributed by atoms with Crippen molar-refractivity contribution >= 4 is 44.9 Å². The average molecular weight is 297 g/mol. The summed E-state index contributed by atoms with van der Waals surface area (Å²) in [5, 5.41) is 13.1. The molecule has 0 saturated carbocycles. The fourth-order valence-corrected chi connectivity index (χ4v) is 2.42. The highest BCUT2D eigenvalue weighted by molar-refractivity contribution is 6.28. The lowest BCUT2D eigenvalue weighted by atomic mass is 10.1. The number of rotatable bonds is 2. The van der Waals surface area contributed by atoms with Crippen LogP contribution in [0, 0.1) is 0 Å². The molecule has 4 aromatic rings. The van der Waals surface area contributed by atoms with E-state index in [0.29, 0.717) is 11.5 Å². The van der Waals surface area contributed by atoms with E-state index in [-0.39, 0.29) is 5.28 Å². The van der Waals surface area contributed by atoms with Gasteiger partial charge in [0.1, 0.15) is 5.82 Å². The van der Waals surface area contributed by atoms with Crippen LogP contribution in [0.1, 0.15) is 0 Å². The minimum atomic E-state index is 0.160. The monoisotopic (exact) mass is 296 g/mol. The zero-order valence-electron chi connectivity index (χ0n) is 10.7. The highest BCUT2D eigenvalue weighted by atomic mass is 35.5. The highest BCUT2D eigenvalue weighted by Crippen LogP contribution is 2.28. The number of aromatic amines is 1. The Balaban J connectivity index is 1.89. The molecule has 0 bridgehead atoms. The van der Waals surface area contributed by atoms with Crippen LogP contribution in [0.15, 0.2) is 42.9 Å². The van der Waals surface area contributed by atoms with Crippen LogP contribution in [0.2, 0.25) is 5.28 Å². The third-order valence-electron chi connectivity index (χ3n) is 3.22. The van der Waals surface area contributed by atoms with Crippen molar-refractivity contribution in [1.29, 1.82) is 0 Å². The van der Waals surface area contributed by atoms with Crippen LogP contribution in [0.3, 0.4) is 0 Å². The number of nitrogens with one attached hydrogen (secondary N) is 2. The summed E-state index contributed by atoms with van der Waals surface area (Å²) in [5.41, 5.74) is 1.49. The number of hydrogen-bond donors (Lipinski definition) is 2. The van der Waals surface area contributed by atoms with Gasteiger partial charge in [0, 0.05) is 23.5 Å². The Hall–Kier alpha value is -2.73. The van der Waals surface area contributed by atoms with Gasteiger partial charge in [0.15, 0.2) is 5.65 Å². The molecule has 4 rings (SSSR count). The Kier molecular flexibility index (Phi) is 2.68. The first-order valence-electron chi connectivity index (χ1n) is 6.27. The third kappa shape index (κ3) is 2.05. The van der Waals surface area contributed by atoms with Crippen molar-refractivity contribution in [3.63, 3.8) is 0 Å². The van der Waals surface area contributed by atoms with Crippen LogP contribution in [-0.2, 0) is 0 Å². The molecule has 1 aromatic carbocycles. The summed E-state index contributed by atoms with van der Waals surface area (Å²) in [6.07, 6.45) is 5.24. The molecule has 0 atom stereocenters. The Labute approximate surface area is 124 Å². The van der Waals surface area contributed by atoms with E-state index in [2.05, 4.69) is 30.5 Å². The molecule has 102 valence electrons. The van der Waals surface area contributed by atoms with Crippen molar-refractivity contribution in [2.75, 3.05) is 5.32 Å². The molecular weight excluding hydrogens is 288 g/mol. The third-order valence-corrected chi connectivity index (χ3v) is 3.39. The van der Waals surface area contributed by atoms with Gasteiger partial charge in [-0.2, -0.15) is 15.1 Å². The van der Waals surface area contributed by atoms with Gasteiger partial charge in [0.25, 0.3) is 0 Å². The molecule has 0 aliphatic rings. The first-order valence-corrected chi connectivity index (χ1v) is 6.65. The van der Waals surface area contributed by atoms with E-state index in [9.17, 15) is 0 Å². The zero-order valence-corrected chi connectivity index (χ0v) is 11.5. The SMILES string of the molecule is Clc1nc(Nc2cccc3ccncc23)c2cn[nH]c2n1. The molecule has 0 radical (unpaired) electrons. The van der Waals surface area contributed by atoms with Crippen LogP contribution in [0.25, 0.3) is 21.8 Å². The van der Waals surface area contributed by atoms with Crippen molar-refractivity contribution in [3.8, 4) is 0 Å². The second-order valence-electron chi connectivity index (χ2n) is 4.50. The summed E-state index contributed by atoms with van der Waals surface area (Å²) in [5.74, 6) is 0.607. The second-order valence-corrected chi connectivity index (χ2v) is 4.84. The number of benzene rings is 1. The average Bonchev–Trinajstić information content (AvgIpc) is 2.96. The lowest BCUT2D eigenvalue weighted by molar-refractivity contribution is 1.09. The maximum absolute atomic E-state index is 5.94. The first-order chi connectivity index (χ1) is 10.3. The van der Waals surface area contributed by atoms with Crippen molar-refractivity contribution in [2.45, 2.75) is 0 Å². The Bertz CT molecular complexity index is 943. The summed E-state index contributed by atoms with van der Waals surface area (Å²) in [6, 6.07) is 7.93. The van der Waals surface area contributed by atoms with Gasteiger partial charge in [-0.1, -0.05) is 12.1 Å². The number of H-pyrrole nitrogens is 1. The predicted molar refractivity (Wildman–Crippen MR) is 81.7 cm³/mol. The van der Waals surface area contributed by atoms with Crippen LogP contribution in [0.4, 0.5) is 11.5 Å². The summed E-state index contributed by atoms with van der Waals surface area (Å²) in [7, 11) is 0. The number of anilines is 2. The number of halogens is 1. The molecule has 7 heteroatoms. The van der Waals surface area contributed by atoms with Crippen molar-refractivity contribution in [3.05, 3.63) is 48.1 Å². The predicted octanol–water partition coefficient (Wildman–Crippen LogP) is 3.30. The van der Waals surface area contributed by atoms with Gasteiger partial charge in [0.2, 0.25) is 5.28 Å². The molecule has 6 nitrogen and oxygen atoms in total. The molecule has 0 spiro atoms. The Morgan fingerprint density at radius 2 is 2.00 bits per heavy atom. The van der Waals surface area contributed by atoms with Gasteiger partial charge in [-0.25, -0.2) is 0 Å². The maximum Gasteiger partial charge on any atom is 0.226 e. The molecule has 0 amide bonds. The molecule has 0 unspecified atom stereocenters. The van der Waals surface area contributed by atoms with Gasteiger partial charge in [-0.15, -0.1) is 0 Å². The Morgan fingerprint density at radius 3 is 2.95 bits per heavy atom. The van der Waals surface area contributed by atoms with Gasteiger partial charge < -0.3 is 5.32 Å². The number of pyridine rings is 1. The Morgan fingerprint density at radius 1 is 1.05 bits per heavy atom. The lowest BCUT2D eigenvalue weighted by Gasteiger charge is -2.09. The smallest absolute Gasteiger partial charge is 0.226 e. The van der Waals surface area contributed by atoms with E-state index >= 15 is 0 Å². The fourth-order valence-electron chi connectivity index (χ4n) is 2.25. The van der Waals surface area contributed by atoms with Gasteiger partial charge in [-0.05, 0) is 29.1 Å². The van der Waals surface area contributed by atoms with Gasteiger partial charge >= 0.3 is 0 Å².